The lowest BCUT2D eigenvalue weighted by atomic mass is 10.3. The van der Waals surface area contributed by atoms with Crippen LogP contribution in [0.4, 0.5) is 14.5 Å². The summed E-state index contributed by atoms with van der Waals surface area (Å²) in [6.45, 7) is 3.05. The van der Waals surface area contributed by atoms with E-state index in [1.165, 1.54) is 12.1 Å². The van der Waals surface area contributed by atoms with E-state index in [-0.39, 0.29) is 16.3 Å². The minimum absolute atomic E-state index is 0.0965. The zero-order valence-electron chi connectivity index (χ0n) is 11.1. The minimum atomic E-state index is -3.54. The summed E-state index contributed by atoms with van der Waals surface area (Å²) in [6, 6.07) is 6.12. The summed E-state index contributed by atoms with van der Waals surface area (Å²) in [5.41, 5.74) is 0.188. The third-order valence-corrected chi connectivity index (χ3v) is 4.40. The number of sulfonamides is 1. The average Bonchev–Trinajstić information content (AvgIpc) is 2.36. The molecule has 0 unspecified atom stereocenters. The Morgan fingerprint density at radius 1 is 1.25 bits per heavy atom. The summed E-state index contributed by atoms with van der Waals surface area (Å²) in [5, 5.41) is 2.98. The Morgan fingerprint density at radius 3 is 2.60 bits per heavy atom. The lowest BCUT2D eigenvalue weighted by Gasteiger charge is -2.12. The first-order chi connectivity index (χ1) is 9.44. The molecule has 4 nitrogen and oxygen atoms in total. The fraction of sp³-hybridized carbons (Fsp3) is 0.500. The smallest absolute Gasteiger partial charge is 0.288 e. The number of anilines is 1. The monoisotopic (exact) mass is 324 g/mol. The van der Waals surface area contributed by atoms with Crippen LogP contribution in [-0.2, 0) is 10.0 Å². The van der Waals surface area contributed by atoms with Crippen molar-refractivity contribution in [1.29, 1.82) is 0 Å². The van der Waals surface area contributed by atoms with Crippen molar-refractivity contribution in [2.75, 3.05) is 23.6 Å². The molecule has 0 radical (unpaired) electrons. The molecule has 0 saturated heterocycles. The zero-order valence-corrected chi connectivity index (χ0v) is 12.7. The van der Waals surface area contributed by atoms with E-state index < -0.39 is 15.8 Å². The fourth-order valence-electron chi connectivity index (χ4n) is 1.48. The maximum atomic E-state index is 12.4. The van der Waals surface area contributed by atoms with Crippen molar-refractivity contribution in [3.05, 3.63) is 24.3 Å². The van der Waals surface area contributed by atoms with E-state index in [2.05, 4.69) is 10.0 Å². The molecule has 0 fully saturated rings. The summed E-state index contributed by atoms with van der Waals surface area (Å²) < 4.78 is 50.8. The second-order valence-corrected chi connectivity index (χ2v) is 6.92. The summed E-state index contributed by atoms with van der Waals surface area (Å²) in [6.07, 6.45) is 0.918. The van der Waals surface area contributed by atoms with Crippen molar-refractivity contribution in [3.8, 4) is 0 Å². The van der Waals surface area contributed by atoms with Gasteiger partial charge in [-0.15, -0.1) is 0 Å². The van der Waals surface area contributed by atoms with E-state index in [0.29, 0.717) is 18.3 Å². The second-order valence-electron chi connectivity index (χ2n) is 4.05. The van der Waals surface area contributed by atoms with E-state index in [1.807, 2.05) is 6.92 Å². The topological polar surface area (TPSA) is 58.2 Å². The lowest BCUT2D eigenvalue weighted by molar-refractivity contribution is 0.252. The van der Waals surface area contributed by atoms with Crippen LogP contribution in [0.2, 0.25) is 0 Å². The SMILES string of the molecule is CCCNCCS(=O)(=O)Nc1ccccc1SC(F)F. The van der Waals surface area contributed by atoms with Gasteiger partial charge in [0.1, 0.15) is 0 Å². The molecule has 20 heavy (non-hydrogen) atoms. The van der Waals surface area contributed by atoms with Gasteiger partial charge in [0, 0.05) is 11.4 Å². The second kappa shape index (κ2) is 8.43. The van der Waals surface area contributed by atoms with Gasteiger partial charge < -0.3 is 5.32 Å². The molecular weight excluding hydrogens is 306 g/mol. The van der Waals surface area contributed by atoms with Gasteiger partial charge in [0.15, 0.2) is 0 Å². The van der Waals surface area contributed by atoms with Crippen molar-refractivity contribution >= 4 is 27.5 Å². The van der Waals surface area contributed by atoms with Gasteiger partial charge in [-0.05, 0) is 25.1 Å². The molecule has 0 aliphatic rings. The summed E-state index contributed by atoms with van der Waals surface area (Å²) in [5.74, 6) is -2.69. The van der Waals surface area contributed by atoms with Gasteiger partial charge in [0.05, 0.1) is 11.4 Å². The van der Waals surface area contributed by atoms with E-state index in [1.54, 1.807) is 12.1 Å². The molecule has 0 atom stereocenters. The van der Waals surface area contributed by atoms with Crippen molar-refractivity contribution in [1.82, 2.24) is 5.32 Å². The van der Waals surface area contributed by atoms with Crippen LogP contribution in [0.15, 0.2) is 29.2 Å². The van der Waals surface area contributed by atoms with Crippen LogP contribution in [0, 0.1) is 0 Å². The van der Waals surface area contributed by atoms with Crippen molar-refractivity contribution < 1.29 is 17.2 Å². The Morgan fingerprint density at radius 2 is 1.95 bits per heavy atom. The summed E-state index contributed by atoms with van der Waals surface area (Å²) in [4.78, 5) is 0.215. The van der Waals surface area contributed by atoms with Crippen molar-refractivity contribution in [3.63, 3.8) is 0 Å². The first kappa shape index (κ1) is 17.2. The molecule has 1 rings (SSSR count). The molecule has 0 bridgehead atoms. The predicted octanol–water partition coefficient (Wildman–Crippen LogP) is 2.74. The fourth-order valence-corrected chi connectivity index (χ4v) is 3.16. The highest BCUT2D eigenvalue weighted by atomic mass is 32.2. The van der Waals surface area contributed by atoms with Gasteiger partial charge in [-0.1, -0.05) is 30.8 Å². The maximum Gasteiger partial charge on any atom is 0.288 e. The molecule has 1 aromatic rings. The Labute approximate surface area is 122 Å². The molecule has 0 saturated carbocycles. The molecule has 0 aliphatic carbocycles. The number of alkyl halides is 2. The molecule has 1 aromatic carbocycles. The first-order valence-electron chi connectivity index (χ1n) is 6.19. The van der Waals surface area contributed by atoms with E-state index in [0.717, 1.165) is 13.0 Å². The van der Waals surface area contributed by atoms with Crippen LogP contribution < -0.4 is 10.0 Å². The quantitative estimate of drug-likeness (QED) is 0.542. The molecule has 2 N–H and O–H groups in total. The van der Waals surface area contributed by atoms with Gasteiger partial charge in [-0.25, -0.2) is 8.42 Å². The van der Waals surface area contributed by atoms with E-state index in [4.69, 9.17) is 0 Å². The van der Waals surface area contributed by atoms with Crippen LogP contribution >= 0.6 is 11.8 Å². The molecule has 8 heteroatoms. The van der Waals surface area contributed by atoms with Crippen molar-refractivity contribution in [2.24, 2.45) is 0 Å². The molecule has 0 heterocycles. The Bertz CT molecular complexity index is 510. The van der Waals surface area contributed by atoms with Gasteiger partial charge in [-0.2, -0.15) is 8.78 Å². The molecule has 0 aliphatic heterocycles. The van der Waals surface area contributed by atoms with Crippen molar-refractivity contribution in [2.45, 2.75) is 24.0 Å². The minimum Gasteiger partial charge on any atom is -0.316 e. The number of para-hydroxylation sites is 1. The van der Waals surface area contributed by atoms with Gasteiger partial charge in [0.25, 0.3) is 5.76 Å². The number of hydrogen-bond acceptors (Lipinski definition) is 4. The summed E-state index contributed by atoms with van der Waals surface area (Å²) in [7, 11) is -3.54. The standard InChI is InChI=1S/C12H18F2N2O2S2/c1-2-7-15-8-9-20(17,18)16-10-5-3-4-6-11(10)19-12(13)14/h3-6,12,15-16H,2,7-9H2,1H3. The Balaban J connectivity index is 2.67. The van der Waals surface area contributed by atoms with Gasteiger partial charge >= 0.3 is 0 Å². The molecule has 0 aromatic heterocycles. The van der Waals surface area contributed by atoms with Gasteiger partial charge in [-0.3, -0.25) is 4.72 Å². The number of benzene rings is 1. The van der Waals surface area contributed by atoms with Crippen LogP contribution in [0.25, 0.3) is 0 Å². The normalized spacial score (nSPS) is 11.8. The highest BCUT2D eigenvalue weighted by molar-refractivity contribution is 7.99. The van der Waals surface area contributed by atoms with Gasteiger partial charge in [0.2, 0.25) is 10.0 Å². The third-order valence-electron chi connectivity index (χ3n) is 2.34. The number of rotatable bonds is 9. The molecule has 0 spiro atoms. The average molecular weight is 324 g/mol. The Hall–Kier alpha value is -0.860. The third kappa shape index (κ3) is 6.53. The van der Waals surface area contributed by atoms with E-state index >= 15 is 0 Å². The highest BCUT2D eigenvalue weighted by Gasteiger charge is 2.15. The van der Waals surface area contributed by atoms with Crippen LogP contribution in [0.1, 0.15) is 13.3 Å². The predicted molar refractivity (Wildman–Crippen MR) is 78.9 cm³/mol. The van der Waals surface area contributed by atoms with Crippen LogP contribution in [-0.4, -0.2) is 33.0 Å². The van der Waals surface area contributed by atoms with Crippen LogP contribution in [0.5, 0.6) is 0 Å². The number of hydrogen-bond donors (Lipinski definition) is 2. The largest absolute Gasteiger partial charge is 0.316 e. The Kier molecular flexibility index (Phi) is 7.25. The number of thioether (sulfide) groups is 1. The van der Waals surface area contributed by atoms with E-state index in [9.17, 15) is 17.2 Å². The molecule has 0 amide bonds. The maximum absolute atomic E-state index is 12.4. The number of halogens is 2. The zero-order chi connectivity index (χ0) is 15.0. The molecule has 114 valence electrons. The molecular formula is C12H18F2N2O2S2. The van der Waals surface area contributed by atoms with Crippen LogP contribution in [0.3, 0.4) is 0 Å². The summed E-state index contributed by atoms with van der Waals surface area (Å²) >= 11 is 0.322. The first-order valence-corrected chi connectivity index (χ1v) is 8.73. The number of nitrogens with one attached hydrogen (secondary N) is 2. The highest BCUT2D eigenvalue weighted by Crippen LogP contribution is 2.32. The lowest BCUT2D eigenvalue weighted by Crippen LogP contribution is -2.27.